The van der Waals surface area contributed by atoms with Crippen molar-refractivity contribution in [3.05, 3.63) is 0 Å². The highest BCUT2D eigenvalue weighted by molar-refractivity contribution is 6.07. The summed E-state index contributed by atoms with van der Waals surface area (Å²) in [4.78, 5) is 35.3. The van der Waals surface area contributed by atoms with E-state index in [0.29, 0.717) is 12.8 Å². The highest BCUT2D eigenvalue weighted by Crippen LogP contribution is 2.34. The second-order valence-corrected chi connectivity index (χ2v) is 4.58. The minimum absolute atomic E-state index is 0.276. The van der Waals surface area contributed by atoms with Crippen molar-refractivity contribution in [3.63, 3.8) is 0 Å². The van der Waals surface area contributed by atoms with E-state index < -0.39 is 23.6 Å². The van der Waals surface area contributed by atoms with Gasteiger partial charge in [-0.25, -0.2) is 4.79 Å². The van der Waals surface area contributed by atoms with E-state index in [-0.39, 0.29) is 12.5 Å². The minimum Gasteiger partial charge on any atom is -0.480 e. The van der Waals surface area contributed by atoms with Gasteiger partial charge in [-0.3, -0.25) is 14.5 Å². The summed E-state index contributed by atoms with van der Waals surface area (Å²) in [7, 11) is 0. The number of hydrogen-bond acceptors (Lipinski definition) is 4. The Hall–Kier alpha value is -1.63. The maximum atomic E-state index is 12.1. The number of amides is 3. The van der Waals surface area contributed by atoms with E-state index >= 15 is 0 Å². The fourth-order valence-electron chi connectivity index (χ4n) is 2.43. The highest BCUT2D eigenvalue weighted by Gasteiger charge is 2.52. The molecule has 2 aliphatic rings. The molecule has 17 heavy (non-hydrogen) atoms. The van der Waals surface area contributed by atoms with Gasteiger partial charge in [-0.1, -0.05) is 12.8 Å². The number of aliphatic carboxylic acids is 1. The molecule has 1 unspecified atom stereocenters. The predicted octanol–water partition coefficient (Wildman–Crippen LogP) is -0.737. The zero-order valence-electron chi connectivity index (χ0n) is 9.31. The van der Waals surface area contributed by atoms with Gasteiger partial charge in [0.1, 0.15) is 11.6 Å². The number of imide groups is 1. The van der Waals surface area contributed by atoms with Crippen molar-refractivity contribution in [2.24, 2.45) is 5.73 Å². The van der Waals surface area contributed by atoms with E-state index in [9.17, 15) is 14.4 Å². The zero-order chi connectivity index (χ0) is 12.6. The largest absolute Gasteiger partial charge is 0.480 e. The average molecular weight is 241 g/mol. The minimum atomic E-state index is -1.23. The number of carboxylic acids is 1. The van der Waals surface area contributed by atoms with Crippen molar-refractivity contribution >= 4 is 17.9 Å². The Kier molecular flexibility index (Phi) is 2.78. The molecule has 4 N–H and O–H groups in total. The molecule has 7 nitrogen and oxygen atoms in total. The summed E-state index contributed by atoms with van der Waals surface area (Å²) >= 11 is 0. The molecule has 1 saturated heterocycles. The van der Waals surface area contributed by atoms with Gasteiger partial charge in [0, 0.05) is 0 Å². The number of nitrogens with one attached hydrogen (secondary N) is 1. The predicted molar refractivity (Wildman–Crippen MR) is 57.1 cm³/mol. The zero-order valence-corrected chi connectivity index (χ0v) is 9.31. The first kappa shape index (κ1) is 11.8. The Morgan fingerprint density at radius 2 is 2.06 bits per heavy atom. The molecule has 1 atom stereocenters. The first-order valence-corrected chi connectivity index (χ1v) is 5.59. The third-order valence-electron chi connectivity index (χ3n) is 3.40. The molecular weight excluding hydrogens is 226 g/mol. The van der Waals surface area contributed by atoms with Crippen LogP contribution in [0.3, 0.4) is 0 Å². The standard InChI is InChI=1S/C10H15N3O4/c11-6(7(14)15)5-13-8(16)10(12-9(13)17)3-1-2-4-10/h6H,1-5,11H2,(H,12,17)(H,14,15). The van der Waals surface area contributed by atoms with Gasteiger partial charge in [-0.15, -0.1) is 0 Å². The van der Waals surface area contributed by atoms with E-state index in [2.05, 4.69) is 5.32 Å². The van der Waals surface area contributed by atoms with Crippen LogP contribution in [0, 0.1) is 0 Å². The van der Waals surface area contributed by atoms with Crippen LogP contribution in [0.5, 0.6) is 0 Å². The SMILES string of the molecule is NC(CN1C(=O)NC2(CCCC2)C1=O)C(=O)O. The van der Waals surface area contributed by atoms with Crippen LogP contribution in [0.2, 0.25) is 0 Å². The summed E-state index contributed by atoms with van der Waals surface area (Å²) in [5, 5.41) is 11.3. The summed E-state index contributed by atoms with van der Waals surface area (Å²) < 4.78 is 0. The number of carbonyl (C=O) groups excluding carboxylic acids is 2. The lowest BCUT2D eigenvalue weighted by Gasteiger charge is -2.20. The second-order valence-electron chi connectivity index (χ2n) is 4.58. The molecule has 7 heteroatoms. The molecule has 2 fully saturated rings. The summed E-state index contributed by atoms with van der Waals surface area (Å²) in [6.07, 6.45) is 3.03. The Balaban J connectivity index is 2.11. The molecule has 1 spiro atoms. The lowest BCUT2D eigenvalue weighted by Crippen LogP contribution is -2.47. The van der Waals surface area contributed by atoms with Crippen molar-refractivity contribution in [2.75, 3.05) is 6.54 Å². The summed E-state index contributed by atoms with van der Waals surface area (Å²) in [6, 6.07) is -1.77. The normalized spacial score (nSPS) is 24.2. The van der Waals surface area contributed by atoms with Crippen LogP contribution in [0.15, 0.2) is 0 Å². The van der Waals surface area contributed by atoms with Crippen LogP contribution in [0.25, 0.3) is 0 Å². The Labute approximate surface area is 97.9 Å². The van der Waals surface area contributed by atoms with Crippen LogP contribution < -0.4 is 11.1 Å². The van der Waals surface area contributed by atoms with Crippen molar-refractivity contribution in [1.82, 2.24) is 10.2 Å². The molecule has 2 rings (SSSR count). The second kappa shape index (κ2) is 3.99. The van der Waals surface area contributed by atoms with Crippen LogP contribution in [-0.2, 0) is 9.59 Å². The molecule has 0 bridgehead atoms. The third kappa shape index (κ3) is 1.86. The molecule has 3 amide bonds. The van der Waals surface area contributed by atoms with Gasteiger partial charge in [-0.2, -0.15) is 0 Å². The van der Waals surface area contributed by atoms with Crippen molar-refractivity contribution < 1.29 is 19.5 Å². The molecule has 94 valence electrons. The molecule has 1 saturated carbocycles. The maximum absolute atomic E-state index is 12.1. The van der Waals surface area contributed by atoms with Gasteiger partial charge in [0.2, 0.25) is 0 Å². The number of urea groups is 1. The first-order valence-electron chi connectivity index (χ1n) is 5.59. The summed E-state index contributed by atoms with van der Waals surface area (Å²) in [5.41, 5.74) is 4.54. The van der Waals surface area contributed by atoms with Crippen LogP contribution >= 0.6 is 0 Å². The fourth-order valence-corrected chi connectivity index (χ4v) is 2.43. The van der Waals surface area contributed by atoms with Gasteiger partial charge in [0.25, 0.3) is 5.91 Å². The monoisotopic (exact) mass is 241 g/mol. The van der Waals surface area contributed by atoms with E-state index in [0.717, 1.165) is 17.7 Å². The quantitative estimate of drug-likeness (QED) is 0.563. The third-order valence-corrected chi connectivity index (χ3v) is 3.40. The maximum Gasteiger partial charge on any atom is 0.325 e. The number of carboxylic acid groups (broad SMARTS) is 1. The van der Waals surface area contributed by atoms with Gasteiger partial charge in [0.15, 0.2) is 0 Å². The lowest BCUT2D eigenvalue weighted by atomic mass is 9.98. The van der Waals surface area contributed by atoms with Crippen LogP contribution in [0.1, 0.15) is 25.7 Å². The first-order chi connectivity index (χ1) is 7.96. The lowest BCUT2D eigenvalue weighted by molar-refractivity contribution is -0.139. The Bertz CT molecular complexity index is 376. The summed E-state index contributed by atoms with van der Waals surface area (Å²) in [6.45, 7) is -0.276. The van der Waals surface area contributed by atoms with Gasteiger partial charge >= 0.3 is 12.0 Å². The van der Waals surface area contributed by atoms with E-state index in [1.165, 1.54) is 0 Å². The molecule has 0 aromatic carbocycles. The molecule has 1 heterocycles. The van der Waals surface area contributed by atoms with E-state index in [1.807, 2.05) is 0 Å². The Morgan fingerprint density at radius 3 is 2.59 bits per heavy atom. The molecule has 0 radical (unpaired) electrons. The number of carbonyl (C=O) groups is 3. The van der Waals surface area contributed by atoms with Crippen LogP contribution in [0.4, 0.5) is 4.79 Å². The van der Waals surface area contributed by atoms with Gasteiger partial charge in [0.05, 0.1) is 6.54 Å². The molecule has 1 aliphatic heterocycles. The Morgan fingerprint density at radius 1 is 1.47 bits per heavy atom. The number of nitrogens with two attached hydrogens (primary N) is 1. The summed E-state index contributed by atoms with van der Waals surface area (Å²) in [5.74, 6) is -1.56. The molecule has 0 aromatic rings. The van der Waals surface area contributed by atoms with Crippen molar-refractivity contribution in [1.29, 1.82) is 0 Å². The number of nitrogens with zero attached hydrogens (tertiary/aromatic N) is 1. The van der Waals surface area contributed by atoms with Crippen LogP contribution in [-0.4, -0.2) is 46.0 Å². The highest BCUT2D eigenvalue weighted by atomic mass is 16.4. The molecule has 1 aliphatic carbocycles. The van der Waals surface area contributed by atoms with Crippen molar-refractivity contribution in [3.8, 4) is 0 Å². The van der Waals surface area contributed by atoms with Gasteiger partial charge in [-0.05, 0) is 12.8 Å². The average Bonchev–Trinajstić information content (AvgIpc) is 2.81. The van der Waals surface area contributed by atoms with E-state index in [4.69, 9.17) is 10.8 Å². The molecular formula is C10H15N3O4. The van der Waals surface area contributed by atoms with Crippen molar-refractivity contribution in [2.45, 2.75) is 37.3 Å². The molecule has 0 aromatic heterocycles. The number of rotatable bonds is 3. The van der Waals surface area contributed by atoms with E-state index in [1.54, 1.807) is 0 Å². The van der Waals surface area contributed by atoms with Gasteiger partial charge < -0.3 is 16.2 Å². The smallest absolute Gasteiger partial charge is 0.325 e. The fraction of sp³-hybridized carbons (Fsp3) is 0.700. The number of hydrogen-bond donors (Lipinski definition) is 3. The topological polar surface area (TPSA) is 113 Å².